The molecule has 0 amide bonds. The fourth-order valence-corrected chi connectivity index (χ4v) is 4.71. The van der Waals surface area contributed by atoms with Crippen molar-refractivity contribution >= 4 is 19.9 Å². The van der Waals surface area contributed by atoms with Crippen LogP contribution in [0.15, 0.2) is 29.2 Å². The number of rotatable bonds is 7. The van der Waals surface area contributed by atoms with Crippen LogP contribution in [0.3, 0.4) is 0 Å². The van der Waals surface area contributed by atoms with E-state index in [2.05, 4.69) is 5.32 Å². The van der Waals surface area contributed by atoms with E-state index in [4.69, 9.17) is 4.74 Å². The quantitative estimate of drug-likeness (QED) is 0.744. The first-order valence-corrected chi connectivity index (χ1v) is 11.2. The lowest BCUT2D eigenvalue weighted by Crippen LogP contribution is -2.52. The van der Waals surface area contributed by atoms with Crippen molar-refractivity contribution in [2.24, 2.45) is 0 Å². The molecule has 1 unspecified atom stereocenters. The summed E-state index contributed by atoms with van der Waals surface area (Å²) >= 11 is 0. The zero-order valence-electron chi connectivity index (χ0n) is 13.9. The van der Waals surface area contributed by atoms with Crippen molar-refractivity contribution in [3.05, 3.63) is 24.3 Å². The number of hydrogen-bond acceptors (Lipinski definition) is 6. The number of hydrogen-bond donors (Lipinski definition) is 1. The van der Waals surface area contributed by atoms with E-state index in [1.54, 1.807) is 19.1 Å². The van der Waals surface area contributed by atoms with Crippen LogP contribution in [0, 0.1) is 0 Å². The lowest BCUT2D eigenvalue weighted by atomic mass is 10.3. The first kappa shape index (κ1) is 19.2. The molecule has 1 atom stereocenters. The molecule has 1 aliphatic rings. The van der Waals surface area contributed by atoms with Gasteiger partial charge in [0.2, 0.25) is 10.0 Å². The molecule has 1 saturated heterocycles. The van der Waals surface area contributed by atoms with Gasteiger partial charge in [0.05, 0.1) is 10.6 Å². The van der Waals surface area contributed by atoms with E-state index in [0.29, 0.717) is 25.4 Å². The van der Waals surface area contributed by atoms with Crippen LogP contribution in [0.25, 0.3) is 0 Å². The fraction of sp³-hybridized carbons (Fsp3) is 0.600. The van der Waals surface area contributed by atoms with Gasteiger partial charge in [-0.05, 0) is 31.2 Å². The Kier molecular flexibility index (Phi) is 6.24. The van der Waals surface area contributed by atoms with Crippen molar-refractivity contribution in [1.82, 2.24) is 9.62 Å². The summed E-state index contributed by atoms with van der Waals surface area (Å²) in [6.07, 6.45) is 0. The van der Waals surface area contributed by atoms with Crippen LogP contribution in [-0.4, -0.2) is 64.9 Å². The van der Waals surface area contributed by atoms with Crippen LogP contribution >= 0.6 is 0 Å². The van der Waals surface area contributed by atoms with Crippen molar-refractivity contribution in [1.29, 1.82) is 0 Å². The molecule has 1 N–H and O–H groups in total. The zero-order chi connectivity index (χ0) is 17.8. The van der Waals surface area contributed by atoms with E-state index < -0.39 is 19.9 Å². The lowest BCUT2D eigenvalue weighted by molar-refractivity contribution is 0.284. The molecule has 1 aliphatic heterocycles. The molecule has 1 fully saturated rings. The maximum Gasteiger partial charge on any atom is 0.243 e. The third-order valence-corrected chi connectivity index (χ3v) is 7.67. The van der Waals surface area contributed by atoms with Gasteiger partial charge < -0.3 is 10.1 Å². The molecule has 136 valence electrons. The number of benzene rings is 1. The van der Waals surface area contributed by atoms with Gasteiger partial charge in [0.25, 0.3) is 0 Å². The van der Waals surface area contributed by atoms with Crippen molar-refractivity contribution in [2.75, 3.05) is 37.7 Å². The Balaban J connectivity index is 2.03. The Labute approximate surface area is 144 Å². The summed E-state index contributed by atoms with van der Waals surface area (Å²) in [5, 5.41) is 3.16. The molecule has 1 aromatic carbocycles. The lowest BCUT2D eigenvalue weighted by Gasteiger charge is -2.32. The van der Waals surface area contributed by atoms with Gasteiger partial charge in [0.15, 0.2) is 9.84 Å². The van der Waals surface area contributed by atoms with Gasteiger partial charge >= 0.3 is 0 Å². The Morgan fingerprint density at radius 1 is 1.21 bits per heavy atom. The molecule has 0 saturated carbocycles. The Morgan fingerprint density at radius 2 is 1.88 bits per heavy atom. The standard InChI is InChI=1S/C15H24N2O5S2/c1-3-23(18,19)11-10-22-14-4-6-15(7-5-14)24(20,21)17-9-8-16-12-13(17)2/h4-7,13,16H,3,8-12H2,1-2H3. The number of nitrogens with one attached hydrogen (secondary N) is 1. The SMILES string of the molecule is CCS(=O)(=O)CCOc1ccc(S(=O)(=O)N2CCNCC2C)cc1. The average molecular weight is 377 g/mol. The second-order valence-electron chi connectivity index (χ2n) is 5.73. The summed E-state index contributed by atoms with van der Waals surface area (Å²) in [6.45, 7) is 5.22. The molecule has 9 heteroatoms. The Morgan fingerprint density at radius 3 is 2.46 bits per heavy atom. The summed E-state index contributed by atoms with van der Waals surface area (Å²) in [4.78, 5) is 0.213. The van der Waals surface area contributed by atoms with Crippen molar-refractivity contribution < 1.29 is 21.6 Å². The largest absolute Gasteiger partial charge is 0.493 e. The Hall–Kier alpha value is -1.16. The van der Waals surface area contributed by atoms with Crippen LogP contribution in [0.1, 0.15) is 13.8 Å². The van der Waals surface area contributed by atoms with E-state index in [1.165, 1.54) is 16.4 Å². The minimum atomic E-state index is -3.53. The van der Waals surface area contributed by atoms with Crippen molar-refractivity contribution in [2.45, 2.75) is 24.8 Å². The number of sulfonamides is 1. The molecule has 0 aliphatic carbocycles. The molecule has 1 heterocycles. The highest BCUT2D eigenvalue weighted by molar-refractivity contribution is 7.91. The predicted molar refractivity (Wildman–Crippen MR) is 92.5 cm³/mol. The van der Waals surface area contributed by atoms with Crippen LogP contribution in [0.5, 0.6) is 5.75 Å². The summed E-state index contributed by atoms with van der Waals surface area (Å²) in [7, 11) is -6.61. The summed E-state index contributed by atoms with van der Waals surface area (Å²) in [5.74, 6) is 0.478. The second-order valence-corrected chi connectivity index (χ2v) is 10.1. The molecular formula is C15H24N2O5S2. The maximum atomic E-state index is 12.7. The first-order valence-electron chi connectivity index (χ1n) is 7.92. The fourth-order valence-electron chi connectivity index (χ4n) is 2.45. The zero-order valence-corrected chi connectivity index (χ0v) is 15.6. The van der Waals surface area contributed by atoms with E-state index in [9.17, 15) is 16.8 Å². The maximum absolute atomic E-state index is 12.7. The summed E-state index contributed by atoms with van der Waals surface area (Å²) in [6, 6.07) is 6.00. The van der Waals surface area contributed by atoms with Crippen LogP contribution in [-0.2, 0) is 19.9 Å². The number of sulfone groups is 1. The highest BCUT2D eigenvalue weighted by Crippen LogP contribution is 2.22. The van der Waals surface area contributed by atoms with Gasteiger partial charge in [-0.2, -0.15) is 4.31 Å². The minimum absolute atomic E-state index is 0.0527. The van der Waals surface area contributed by atoms with Crippen LogP contribution in [0.4, 0.5) is 0 Å². The third-order valence-electron chi connectivity index (χ3n) is 3.97. The molecular weight excluding hydrogens is 352 g/mol. The van der Waals surface area contributed by atoms with E-state index in [0.717, 1.165) is 0 Å². The molecule has 0 bridgehead atoms. The normalized spacial score (nSPS) is 20.0. The molecule has 24 heavy (non-hydrogen) atoms. The highest BCUT2D eigenvalue weighted by Gasteiger charge is 2.30. The van der Waals surface area contributed by atoms with Crippen LogP contribution in [0.2, 0.25) is 0 Å². The first-order chi connectivity index (χ1) is 11.3. The predicted octanol–water partition coefficient (Wildman–Crippen LogP) is 0.483. The molecule has 7 nitrogen and oxygen atoms in total. The van der Waals surface area contributed by atoms with Gasteiger partial charge in [-0.1, -0.05) is 6.92 Å². The Bertz CT molecular complexity index is 745. The van der Waals surface area contributed by atoms with Gasteiger partial charge in [0, 0.05) is 31.4 Å². The molecule has 0 aromatic heterocycles. The van der Waals surface area contributed by atoms with Gasteiger partial charge in [-0.3, -0.25) is 0 Å². The van der Waals surface area contributed by atoms with Gasteiger partial charge in [-0.25, -0.2) is 16.8 Å². The monoisotopic (exact) mass is 376 g/mol. The molecule has 0 spiro atoms. The smallest absolute Gasteiger partial charge is 0.243 e. The number of nitrogens with zero attached hydrogens (tertiary/aromatic N) is 1. The molecule has 2 rings (SSSR count). The van der Waals surface area contributed by atoms with Crippen LogP contribution < -0.4 is 10.1 Å². The van der Waals surface area contributed by atoms with Gasteiger partial charge in [0.1, 0.15) is 12.4 Å². The summed E-state index contributed by atoms with van der Waals surface area (Å²) < 4.78 is 55.0. The molecule has 0 radical (unpaired) electrons. The molecule has 1 aromatic rings. The van der Waals surface area contributed by atoms with E-state index in [-0.39, 0.29) is 29.0 Å². The van der Waals surface area contributed by atoms with Crippen molar-refractivity contribution in [3.63, 3.8) is 0 Å². The van der Waals surface area contributed by atoms with Crippen molar-refractivity contribution in [3.8, 4) is 5.75 Å². The summed E-state index contributed by atoms with van der Waals surface area (Å²) in [5.41, 5.74) is 0. The highest BCUT2D eigenvalue weighted by atomic mass is 32.2. The topological polar surface area (TPSA) is 92.8 Å². The van der Waals surface area contributed by atoms with E-state index >= 15 is 0 Å². The number of piperazine rings is 1. The number of ether oxygens (including phenoxy) is 1. The second kappa shape index (κ2) is 7.81. The van der Waals surface area contributed by atoms with Gasteiger partial charge in [-0.15, -0.1) is 0 Å². The van der Waals surface area contributed by atoms with E-state index in [1.807, 2.05) is 6.92 Å². The minimum Gasteiger partial charge on any atom is -0.493 e. The third kappa shape index (κ3) is 4.69. The average Bonchev–Trinajstić information content (AvgIpc) is 2.55.